The van der Waals surface area contributed by atoms with Crippen LogP contribution in [-0.4, -0.2) is 25.4 Å². The first kappa shape index (κ1) is 14.1. The molecule has 0 unspecified atom stereocenters. The van der Waals surface area contributed by atoms with Crippen LogP contribution in [0.1, 0.15) is 27.7 Å². The van der Waals surface area contributed by atoms with Gasteiger partial charge in [0.2, 0.25) is 0 Å². The Bertz CT molecular complexity index is 813. The molecule has 2 N–H and O–H groups in total. The van der Waals surface area contributed by atoms with Gasteiger partial charge in [0.15, 0.2) is 0 Å². The van der Waals surface area contributed by atoms with Crippen LogP contribution in [0.25, 0.3) is 5.69 Å². The predicted octanol–water partition coefficient (Wildman–Crippen LogP) is 2.77. The highest BCUT2D eigenvalue weighted by molar-refractivity contribution is 6.02. The fourth-order valence-corrected chi connectivity index (χ4v) is 2.20. The standard InChI is InChI=1S/C16H17N5O/c1-10-11(2)21(9-18-10)14-6-4-13(5-7-14)20-16(22)15-8-17-12(3)19-15/h4-9H,1-3H3,(H,17,19)(H,20,22). The molecule has 112 valence electrons. The molecule has 6 nitrogen and oxygen atoms in total. The van der Waals surface area contributed by atoms with Crippen LogP contribution in [0.15, 0.2) is 36.8 Å². The minimum atomic E-state index is -0.206. The Morgan fingerprint density at radius 1 is 1.14 bits per heavy atom. The van der Waals surface area contributed by atoms with Gasteiger partial charge in [0.25, 0.3) is 5.91 Å². The summed E-state index contributed by atoms with van der Waals surface area (Å²) in [4.78, 5) is 23.3. The Morgan fingerprint density at radius 3 is 2.41 bits per heavy atom. The van der Waals surface area contributed by atoms with E-state index in [2.05, 4.69) is 20.3 Å². The van der Waals surface area contributed by atoms with E-state index in [0.717, 1.165) is 22.8 Å². The van der Waals surface area contributed by atoms with Crippen molar-refractivity contribution in [1.82, 2.24) is 19.5 Å². The van der Waals surface area contributed by atoms with Gasteiger partial charge in [0, 0.05) is 17.1 Å². The van der Waals surface area contributed by atoms with Crippen LogP contribution < -0.4 is 5.32 Å². The van der Waals surface area contributed by atoms with E-state index in [1.165, 1.54) is 6.20 Å². The van der Waals surface area contributed by atoms with Gasteiger partial charge in [-0.25, -0.2) is 9.97 Å². The number of nitrogens with one attached hydrogen (secondary N) is 2. The van der Waals surface area contributed by atoms with Gasteiger partial charge in [0.1, 0.15) is 11.5 Å². The summed E-state index contributed by atoms with van der Waals surface area (Å²) < 4.78 is 2.01. The molecule has 1 aromatic carbocycles. The van der Waals surface area contributed by atoms with E-state index in [9.17, 15) is 4.79 Å². The first-order chi connectivity index (χ1) is 10.5. The highest BCUT2D eigenvalue weighted by atomic mass is 16.1. The quantitative estimate of drug-likeness (QED) is 0.780. The first-order valence-electron chi connectivity index (χ1n) is 6.98. The Kier molecular flexibility index (Phi) is 3.50. The van der Waals surface area contributed by atoms with Crippen molar-refractivity contribution in [2.24, 2.45) is 0 Å². The number of rotatable bonds is 3. The number of aromatic nitrogens is 4. The zero-order valence-electron chi connectivity index (χ0n) is 12.7. The number of hydrogen-bond acceptors (Lipinski definition) is 3. The van der Waals surface area contributed by atoms with E-state index in [1.807, 2.05) is 42.7 Å². The van der Waals surface area contributed by atoms with E-state index in [0.29, 0.717) is 11.5 Å². The van der Waals surface area contributed by atoms with Crippen molar-refractivity contribution >= 4 is 11.6 Å². The van der Waals surface area contributed by atoms with E-state index in [-0.39, 0.29) is 5.91 Å². The van der Waals surface area contributed by atoms with Crippen molar-refractivity contribution in [2.75, 3.05) is 5.32 Å². The second-order valence-electron chi connectivity index (χ2n) is 5.17. The molecule has 0 saturated heterocycles. The molecule has 22 heavy (non-hydrogen) atoms. The number of anilines is 1. The van der Waals surface area contributed by atoms with Crippen LogP contribution >= 0.6 is 0 Å². The molecular weight excluding hydrogens is 278 g/mol. The molecule has 6 heteroatoms. The number of aryl methyl sites for hydroxylation is 2. The lowest BCUT2D eigenvalue weighted by Crippen LogP contribution is -2.12. The van der Waals surface area contributed by atoms with Gasteiger partial charge in [-0.1, -0.05) is 0 Å². The third-order valence-electron chi connectivity index (χ3n) is 3.60. The largest absolute Gasteiger partial charge is 0.338 e. The number of aromatic amines is 1. The normalized spacial score (nSPS) is 10.7. The molecule has 0 atom stereocenters. The Hall–Kier alpha value is -2.89. The molecule has 2 aromatic heterocycles. The minimum absolute atomic E-state index is 0.206. The van der Waals surface area contributed by atoms with Crippen LogP contribution in [0, 0.1) is 20.8 Å². The number of carbonyl (C=O) groups is 1. The molecular formula is C16H17N5O. The number of H-pyrrole nitrogens is 1. The summed E-state index contributed by atoms with van der Waals surface area (Å²) in [6, 6.07) is 7.63. The smallest absolute Gasteiger partial charge is 0.273 e. The number of hydrogen-bond donors (Lipinski definition) is 2. The van der Waals surface area contributed by atoms with E-state index < -0.39 is 0 Å². The molecule has 0 bridgehead atoms. The fourth-order valence-electron chi connectivity index (χ4n) is 2.20. The van der Waals surface area contributed by atoms with Crippen molar-refractivity contribution in [3.05, 3.63) is 59.7 Å². The van der Waals surface area contributed by atoms with Crippen LogP contribution in [0.5, 0.6) is 0 Å². The van der Waals surface area contributed by atoms with Gasteiger partial charge in [-0.3, -0.25) is 4.79 Å². The molecule has 0 aliphatic rings. The van der Waals surface area contributed by atoms with Gasteiger partial charge in [-0.05, 0) is 45.0 Å². The summed E-state index contributed by atoms with van der Waals surface area (Å²) in [7, 11) is 0. The highest BCUT2D eigenvalue weighted by Crippen LogP contribution is 2.17. The van der Waals surface area contributed by atoms with Crippen molar-refractivity contribution in [3.63, 3.8) is 0 Å². The lowest BCUT2D eigenvalue weighted by atomic mass is 10.2. The summed E-state index contributed by atoms with van der Waals surface area (Å²) >= 11 is 0. The third kappa shape index (κ3) is 2.63. The molecule has 0 fully saturated rings. The monoisotopic (exact) mass is 295 g/mol. The van der Waals surface area contributed by atoms with E-state index in [4.69, 9.17) is 0 Å². The van der Waals surface area contributed by atoms with E-state index in [1.54, 1.807) is 13.3 Å². The molecule has 3 aromatic rings. The Labute approximate surface area is 128 Å². The third-order valence-corrected chi connectivity index (χ3v) is 3.60. The minimum Gasteiger partial charge on any atom is -0.338 e. The first-order valence-corrected chi connectivity index (χ1v) is 6.98. The van der Waals surface area contributed by atoms with Crippen LogP contribution in [0.3, 0.4) is 0 Å². The van der Waals surface area contributed by atoms with Gasteiger partial charge < -0.3 is 14.9 Å². The Balaban J connectivity index is 1.77. The summed E-state index contributed by atoms with van der Waals surface area (Å²) in [6.45, 7) is 5.81. The van der Waals surface area contributed by atoms with Gasteiger partial charge >= 0.3 is 0 Å². The lowest BCUT2D eigenvalue weighted by molar-refractivity contribution is 0.102. The second-order valence-corrected chi connectivity index (χ2v) is 5.17. The maximum Gasteiger partial charge on any atom is 0.273 e. The summed E-state index contributed by atoms with van der Waals surface area (Å²) in [5, 5.41) is 2.83. The molecule has 1 amide bonds. The highest BCUT2D eigenvalue weighted by Gasteiger charge is 2.09. The summed E-state index contributed by atoms with van der Waals surface area (Å²) in [5.74, 6) is 0.509. The van der Waals surface area contributed by atoms with Crippen molar-refractivity contribution in [3.8, 4) is 5.69 Å². The topological polar surface area (TPSA) is 75.6 Å². The molecule has 0 radical (unpaired) electrons. The molecule has 0 aliphatic carbocycles. The lowest BCUT2D eigenvalue weighted by Gasteiger charge is -2.08. The Morgan fingerprint density at radius 2 is 1.86 bits per heavy atom. The fraction of sp³-hybridized carbons (Fsp3) is 0.188. The molecule has 0 aliphatic heterocycles. The van der Waals surface area contributed by atoms with Gasteiger partial charge in [-0.2, -0.15) is 0 Å². The summed E-state index contributed by atoms with van der Waals surface area (Å²) in [6.07, 6.45) is 3.32. The van der Waals surface area contributed by atoms with Gasteiger partial charge in [0.05, 0.1) is 18.2 Å². The van der Waals surface area contributed by atoms with Crippen molar-refractivity contribution in [1.29, 1.82) is 0 Å². The number of amides is 1. The zero-order valence-corrected chi connectivity index (χ0v) is 12.7. The number of benzene rings is 1. The van der Waals surface area contributed by atoms with E-state index >= 15 is 0 Å². The van der Waals surface area contributed by atoms with Gasteiger partial charge in [-0.15, -0.1) is 0 Å². The molecule has 3 rings (SSSR count). The maximum atomic E-state index is 12.0. The number of imidazole rings is 2. The maximum absolute atomic E-state index is 12.0. The zero-order chi connectivity index (χ0) is 15.7. The van der Waals surface area contributed by atoms with Crippen molar-refractivity contribution < 1.29 is 4.79 Å². The molecule has 0 saturated carbocycles. The molecule has 0 spiro atoms. The SMILES string of the molecule is Cc1ncc(C(=O)Nc2ccc(-n3cnc(C)c3C)cc2)[nH]1. The summed E-state index contributed by atoms with van der Waals surface area (Å²) in [5.41, 5.74) is 4.29. The van der Waals surface area contributed by atoms with Crippen molar-refractivity contribution in [2.45, 2.75) is 20.8 Å². The number of carbonyl (C=O) groups excluding carboxylic acids is 1. The molecule has 2 heterocycles. The van der Waals surface area contributed by atoms with Crippen LogP contribution in [-0.2, 0) is 0 Å². The second kappa shape index (κ2) is 5.48. The average Bonchev–Trinajstić information content (AvgIpc) is 3.08. The average molecular weight is 295 g/mol. The number of nitrogens with zero attached hydrogens (tertiary/aromatic N) is 3. The predicted molar refractivity (Wildman–Crippen MR) is 84.3 cm³/mol. The van der Waals surface area contributed by atoms with Crippen LogP contribution in [0.2, 0.25) is 0 Å². The van der Waals surface area contributed by atoms with Crippen LogP contribution in [0.4, 0.5) is 5.69 Å².